The zero-order valence-corrected chi connectivity index (χ0v) is 9.83. The van der Waals surface area contributed by atoms with E-state index in [1.54, 1.807) is 0 Å². The summed E-state index contributed by atoms with van der Waals surface area (Å²) in [5.41, 5.74) is 10.1. The Morgan fingerprint density at radius 1 is 0.941 bits per heavy atom. The third-order valence-corrected chi connectivity index (χ3v) is 3.87. The van der Waals surface area contributed by atoms with Gasteiger partial charge >= 0.3 is 0 Å². The van der Waals surface area contributed by atoms with Gasteiger partial charge in [0, 0.05) is 0 Å². The van der Waals surface area contributed by atoms with E-state index >= 15 is 0 Å². The van der Waals surface area contributed by atoms with Gasteiger partial charge < -0.3 is 0 Å². The molecule has 4 rings (SSSR count). The summed E-state index contributed by atoms with van der Waals surface area (Å²) in [6, 6.07) is 15.3. The molecule has 2 aliphatic rings. The molecule has 1 aliphatic heterocycles. The van der Waals surface area contributed by atoms with E-state index in [0.29, 0.717) is 0 Å². The summed E-state index contributed by atoms with van der Waals surface area (Å²) < 4.78 is 0. The number of hydrogen-bond acceptors (Lipinski definition) is 0. The van der Waals surface area contributed by atoms with Gasteiger partial charge in [-0.3, -0.25) is 0 Å². The molecule has 1 heteroatoms. The molecule has 0 amide bonds. The van der Waals surface area contributed by atoms with E-state index in [9.17, 15) is 0 Å². The fourth-order valence-corrected chi connectivity index (χ4v) is 3.10. The first kappa shape index (κ1) is 9.29. The molecule has 1 radical (unpaired) electrons. The van der Waals surface area contributed by atoms with Crippen molar-refractivity contribution in [2.45, 2.75) is 13.3 Å². The molecule has 2 bridgehead atoms. The number of hydrogen-bond donors (Lipinski definition) is 0. The van der Waals surface area contributed by atoms with Crippen LogP contribution in [0.2, 0.25) is 0 Å². The van der Waals surface area contributed by atoms with Crippen molar-refractivity contribution in [1.29, 1.82) is 0 Å². The van der Waals surface area contributed by atoms with Crippen LogP contribution >= 0.6 is 0 Å². The molecule has 0 saturated heterocycles. The first-order valence-corrected chi connectivity index (χ1v) is 6.11. The number of allylic oxidation sites excluding steroid dienone is 1. The predicted octanol–water partition coefficient (Wildman–Crippen LogP) is 2.98. The van der Waals surface area contributed by atoms with Gasteiger partial charge in [0.2, 0.25) is 0 Å². The molecular formula is C16H12B. The second-order valence-corrected chi connectivity index (χ2v) is 4.95. The highest BCUT2D eigenvalue weighted by Gasteiger charge is 2.30. The molecular weight excluding hydrogens is 203 g/mol. The van der Waals surface area contributed by atoms with E-state index in [2.05, 4.69) is 56.7 Å². The Hall–Kier alpha value is -1.76. The van der Waals surface area contributed by atoms with Crippen LogP contribution in [-0.2, 0) is 6.42 Å². The summed E-state index contributed by atoms with van der Waals surface area (Å²) in [6.07, 6.45) is 1.13. The molecule has 0 saturated carbocycles. The van der Waals surface area contributed by atoms with E-state index in [1.807, 2.05) is 0 Å². The Morgan fingerprint density at radius 3 is 2.59 bits per heavy atom. The third-order valence-electron chi connectivity index (χ3n) is 3.87. The van der Waals surface area contributed by atoms with Crippen molar-refractivity contribution < 1.29 is 0 Å². The molecule has 2 aromatic rings. The summed E-state index contributed by atoms with van der Waals surface area (Å²) in [6.45, 7) is 2.25. The average Bonchev–Trinajstić information content (AvgIpc) is 2.81. The van der Waals surface area contributed by atoms with Crippen LogP contribution in [0.15, 0.2) is 48.0 Å². The van der Waals surface area contributed by atoms with E-state index < -0.39 is 0 Å². The quantitative estimate of drug-likeness (QED) is 0.641. The SMILES string of the molecule is CC1=C2[B]c3ccc(c2c3-c2ccccc2)C1. The molecule has 17 heavy (non-hydrogen) atoms. The maximum atomic E-state index is 2.35. The minimum Gasteiger partial charge on any atom is -0.0742 e. The molecule has 0 aromatic heterocycles. The predicted molar refractivity (Wildman–Crippen MR) is 73.6 cm³/mol. The van der Waals surface area contributed by atoms with Crippen LogP contribution in [0, 0.1) is 0 Å². The molecule has 1 aliphatic carbocycles. The van der Waals surface area contributed by atoms with Gasteiger partial charge in [0.1, 0.15) is 0 Å². The maximum absolute atomic E-state index is 2.35. The van der Waals surface area contributed by atoms with Crippen LogP contribution in [-0.4, -0.2) is 7.28 Å². The molecule has 79 valence electrons. The molecule has 0 atom stereocenters. The minimum atomic E-state index is 1.13. The van der Waals surface area contributed by atoms with Crippen LogP contribution in [0.1, 0.15) is 18.1 Å². The number of benzene rings is 2. The summed E-state index contributed by atoms with van der Waals surface area (Å²) in [5, 5.41) is 0. The lowest BCUT2D eigenvalue weighted by molar-refractivity contribution is 1.19. The topological polar surface area (TPSA) is 0 Å². The van der Waals surface area contributed by atoms with Gasteiger partial charge in [-0.25, -0.2) is 0 Å². The van der Waals surface area contributed by atoms with Crippen molar-refractivity contribution in [3.05, 3.63) is 59.2 Å². The summed E-state index contributed by atoms with van der Waals surface area (Å²) in [4.78, 5) is 0. The largest absolute Gasteiger partial charge is 0.193 e. The maximum Gasteiger partial charge on any atom is 0.193 e. The van der Waals surface area contributed by atoms with Gasteiger partial charge in [-0.1, -0.05) is 59.0 Å². The van der Waals surface area contributed by atoms with Gasteiger partial charge in [-0.15, -0.1) is 0 Å². The van der Waals surface area contributed by atoms with Crippen LogP contribution in [0.5, 0.6) is 0 Å². The first-order valence-electron chi connectivity index (χ1n) is 6.11. The van der Waals surface area contributed by atoms with Crippen molar-refractivity contribution in [3.63, 3.8) is 0 Å². The van der Waals surface area contributed by atoms with Crippen molar-refractivity contribution >= 4 is 18.2 Å². The Labute approximate surface area is 102 Å². The highest BCUT2D eigenvalue weighted by Crippen LogP contribution is 2.41. The number of rotatable bonds is 1. The fraction of sp³-hybridized carbons (Fsp3) is 0.125. The van der Waals surface area contributed by atoms with Gasteiger partial charge in [-0.05, 0) is 35.6 Å². The molecule has 0 fully saturated rings. The molecule has 0 nitrogen and oxygen atoms in total. The zero-order chi connectivity index (χ0) is 11.4. The van der Waals surface area contributed by atoms with Crippen molar-refractivity contribution in [3.8, 4) is 11.1 Å². The molecule has 1 heterocycles. The third kappa shape index (κ3) is 1.14. The fourth-order valence-electron chi connectivity index (χ4n) is 3.10. The second-order valence-electron chi connectivity index (χ2n) is 4.95. The van der Waals surface area contributed by atoms with E-state index in [-0.39, 0.29) is 0 Å². The normalized spacial score (nSPS) is 15.4. The highest BCUT2D eigenvalue weighted by atomic mass is 14.3. The Balaban J connectivity index is 2.06. The monoisotopic (exact) mass is 215 g/mol. The summed E-state index contributed by atoms with van der Waals surface area (Å²) in [5.74, 6) is 0. The summed E-state index contributed by atoms with van der Waals surface area (Å²) >= 11 is 0. The van der Waals surface area contributed by atoms with E-state index in [0.717, 1.165) is 6.42 Å². The van der Waals surface area contributed by atoms with Gasteiger partial charge in [0.15, 0.2) is 7.28 Å². The van der Waals surface area contributed by atoms with Gasteiger partial charge in [-0.2, -0.15) is 0 Å². The first-order chi connectivity index (χ1) is 8.34. The van der Waals surface area contributed by atoms with Crippen LogP contribution < -0.4 is 5.46 Å². The average molecular weight is 215 g/mol. The molecule has 0 unspecified atom stereocenters. The summed E-state index contributed by atoms with van der Waals surface area (Å²) in [7, 11) is 2.35. The lowest BCUT2D eigenvalue weighted by Crippen LogP contribution is -2.11. The van der Waals surface area contributed by atoms with E-state index in [1.165, 1.54) is 38.8 Å². The molecule has 0 spiro atoms. The van der Waals surface area contributed by atoms with Crippen molar-refractivity contribution in [2.75, 3.05) is 0 Å². The van der Waals surface area contributed by atoms with E-state index in [4.69, 9.17) is 0 Å². The van der Waals surface area contributed by atoms with Crippen molar-refractivity contribution in [2.24, 2.45) is 0 Å². The Kier molecular flexibility index (Phi) is 1.71. The zero-order valence-electron chi connectivity index (χ0n) is 9.83. The van der Waals surface area contributed by atoms with Crippen LogP contribution in [0.4, 0.5) is 0 Å². The van der Waals surface area contributed by atoms with Crippen LogP contribution in [0.3, 0.4) is 0 Å². The van der Waals surface area contributed by atoms with Gasteiger partial charge in [0.25, 0.3) is 0 Å². The Morgan fingerprint density at radius 2 is 1.76 bits per heavy atom. The molecule has 2 aromatic carbocycles. The minimum absolute atomic E-state index is 1.13. The Bertz CT molecular complexity index is 651. The van der Waals surface area contributed by atoms with Crippen LogP contribution in [0.25, 0.3) is 16.6 Å². The molecule has 0 N–H and O–H groups in total. The lowest BCUT2D eigenvalue weighted by Gasteiger charge is -2.08. The van der Waals surface area contributed by atoms with Crippen molar-refractivity contribution in [1.82, 2.24) is 0 Å². The second kappa shape index (κ2) is 3.13. The standard InChI is InChI=1S/C16H12B/c1-10-9-12-7-8-13-14(15(12)16(10)17-13)11-5-3-2-4-6-11/h2-8H,9H2,1H3. The number of fused-ring (bicyclic) bond motifs is 1. The smallest absolute Gasteiger partial charge is 0.0742 e. The van der Waals surface area contributed by atoms with Gasteiger partial charge in [0.05, 0.1) is 0 Å². The highest BCUT2D eigenvalue weighted by molar-refractivity contribution is 6.78. The lowest BCUT2D eigenvalue weighted by atomic mass is 9.66.